The number of piperazine rings is 1. The minimum absolute atomic E-state index is 0.185. The van der Waals surface area contributed by atoms with Crippen LogP contribution in [0.5, 0.6) is 0 Å². The molecular formula is C35H38FN7O2. The van der Waals surface area contributed by atoms with E-state index in [0.717, 1.165) is 83.2 Å². The number of H-pyrrole nitrogens is 1. The highest BCUT2D eigenvalue weighted by molar-refractivity contribution is 6.00. The van der Waals surface area contributed by atoms with E-state index in [1.807, 2.05) is 50.4 Å². The molecule has 2 amide bonds. The molecule has 4 N–H and O–H groups in total. The smallest absolute Gasteiger partial charge is 0.258 e. The molecule has 2 fully saturated rings. The summed E-state index contributed by atoms with van der Waals surface area (Å²) in [4.78, 5) is 33.8. The summed E-state index contributed by atoms with van der Waals surface area (Å²) < 4.78 is 14.9. The maximum Gasteiger partial charge on any atom is 0.258 e. The lowest BCUT2D eigenvalue weighted by Crippen LogP contribution is -2.50. The molecule has 3 aliphatic rings. The van der Waals surface area contributed by atoms with Crippen LogP contribution >= 0.6 is 0 Å². The Balaban J connectivity index is 1.16. The van der Waals surface area contributed by atoms with Gasteiger partial charge in [0, 0.05) is 55.2 Å². The Kier molecular flexibility index (Phi) is 7.61. The topological polar surface area (TPSA) is 115 Å². The number of nitrogens with one attached hydrogen (secondary N) is 4. The molecule has 2 aromatic heterocycles. The fourth-order valence-corrected chi connectivity index (χ4v) is 6.70. The third kappa shape index (κ3) is 5.82. The Morgan fingerprint density at radius 1 is 1.00 bits per heavy atom. The number of alkyl halides is 1. The van der Waals surface area contributed by atoms with E-state index >= 15 is 0 Å². The van der Waals surface area contributed by atoms with Crippen molar-refractivity contribution in [2.24, 2.45) is 0 Å². The summed E-state index contributed by atoms with van der Waals surface area (Å²) in [5, 5.41) is 16.5. The molecular weight excluding hydrogens is 569 g/mol. The van der Waals surface area contributed by atoms with E-state index in [2.05, 4.69) is 60.3 Å². The lowest BCUT2D eigenvalue weighted by Gasteiger charge is -2.28. The number of anilines is 2. The van der Waals surface area contributed by atoms with Gasteiger partial charge in [0.05, 0.1) is 5.69 Å². The van der Waals surface area contributed by atoms with E-state index in [9.17, 15) is 14.0 Å². The lowest BCUT2D eigenvalue weighted by molar-refractivity contribution is -0.131. The van der Waals surface area contributed by atoms with Gasteiger partial charge < -0.3 is 20.9 Å². The van der Waals surface area contributed by atoms with Gasteiger partial charge in [0.1, 0.15) is 11.9 Å². The van der Waals surface area contributed by atoms with Crippen LogP contribution in [0.2, 0.25) is 0 Å². The fourth-order valence-electron chi connectivity index (χ4n) is 6.70. The number of carbonyl (C=O) groups is 2. The first-order valence-corrected chi connectivity index (χ1v) is 15.8. The van der Waals surface area contributed by atoms with Crippen molar-refractivity contribution in [2.45, 2.75) is 57.2 Å². The normalized spacial score (nSPS) is 19.1. The summed E-state index contributed by atoms with van der Waals surface area (Å²) in [6, 6.07) is 17.1. The van der Waals surface area contributed by atoms with Gasteiger partial charge >= 0.3 is 0 Å². The van der Waals surface area contributed by atoms with Gasteiger partial charge in [-0.05, 0) is 91.6 Å². The first-order valence-electron chi connectivity index (χ1n) is 15.8. The molecule has 2 atom stereocenters. The van der Waals surface area contributed by atoms with Gasteiger partial charge in [0.25, 0.3) is 5.91 Å². The van der Waals surface area contributed by atoms with Gasteiger partial charge in [-0.3, -0.25) is 14.7 Å². The third-order valence-corrected chi connectivity index (χ3v) is 9.43. The molecule has 3 heterocycles. The highest BCUT2D eigenvalue weighted by atomic mass is 19.1. The molecule has 45 heavy (non-hydrogen) atoms. The average molecular weight is 608 g/mol. The van der Waals surface area contributed by atoms with Crippen LogP contribution in [-0.4, -0.2) is 64.9 Å². The Morgan fingerprint density at radius 3 is 2.44 bits per heavy atom. The van der Waals surface area contributed by atoms with Gasteiger partial charge in [-0.1, -0.05) is 30.3 Å². The van der Waals surface area contributed by atoms with Crippen LogP contribution in [0.4, 0.5) is 15.9 Å². The highest BCUT2D eigenvalue weighted by Gasteiger charge is 2.52. The number of hydrogen-bond donors (Lipinski definition) is 4. The SMILES string of the molecule is Cc1n[nH]c(C)c1-c1ccc(NC(=O)[C@@H](NC(=O)C2(F)CC2)[C@@H]2CCc3ccc(-c4ccnc(N5CCNCC5)c4)cc32)cc1. The van der Waals surface area contributed by atoms with Crippen LogP contribution in [0.3, 0.4) is 0 Å². The van der Waals surface area contributed by atoms with E-state index in [1.165, 1.54) is 0 Å². The maximum atomic E-state index is 14.9. The van der Waals surface area contributed by atoms with E-state index < -0.39 is 17.6 Å². The number of benzene rings is 2. The van der Waals surface area contributed by atoms with Crippen LogP contribution in [0.15, 0.2) is 60.8 Å². The Bertz CT molecular complexity index is 1720. The van der Waals surface area contributed by atoms with Crippen molar-refractivity contribution in [1.29, 1.82) is 0 Å². The number of halogens is 1. The zero-order valence-electron chi connectivity index (χ0n) is 25.6. The minimum atomic E-state index is -1.89. The average Bonchev–Trinajstić information content (AvgIpc) is 3.55. The second kappa shape index (κ2) is 11.7. The molecule has 232 valence electrons. The molecule has 9 nitrogen and oxygen atoms in total. The number of hydrogen-bond acceptors (Lipinski definition) is 6. The second-order valence-electron chi connectivity index (χ2n) is 12.5. The molecule has 1 aliphatic heterocycles. The quantitative estimate of drug-likeness (QED) is 0.228. The first kappa shape index (κ1) is 29.2. The zero-order valence-corrected chi connectivity index (χ0v) is 25.6. The number of aromatic amines is 1. The van der Waals surface area contributed by atoms with Crippen molar-refractivity contribution in [3.63, 3.8) is 0 Å². The molecule has 2 aliphatic carbocycles. The first-order chi connectivity index (χ1) is 21.8. The van der Waals surface area contributed by atoms with Crippen molar-refractivity contribution >= 4 is 23.3 Å². The Hall–Kier alpha value is -4.57. The zero-order chi connectivity index (χ0) is 31.1. The van der Waals surface area contributed by atoms with Crippen molar-refractivity contribution in [3.05, 3.63) is 83.3 Å². The summed E-state index contributed by atoms with van der Waals surface area (Å²) in [6.45, 7) is 7.58. The van der Waals surface area contributed by atoms with Crippen LogP contribution in [0.25, 0.3) is 22.3 Å². The maximum absolute atomic E-state index is 14.9. The third-order valence-electron chi connectivity index (χ3n) is 9.43. The van der Waals surface area contributed by atoms with Crippen molar-refractivity contribution in [2.75, 3.05) is 36.4 Å². The van der Waals surface area contributed by atoms with E-state index in [1.54, 1.807) is 0 Å². The lowest BCUT2D eigenvalue weighted by atomic mass is 9.90. The van der Waals surface area contributed by atoms with Gasteiger partial charge in [-0.2, -0.15) is 5.10 Å². The number of fused-ring (bicyclic) bond motifs is 1. The van der Waals surface area contributed by atoms with Crippen molar-refractivity contribution < 1.29 is 14.0 Å². The minimum Gasteiger partial charge on any atom is -0.354 e. The monoisotopic (exact) mass is 607 g/mol. The molecule has 4 aromatic rings. The largest absolute Gasteiger partial charge is 0.354 e. The molecule has 1 saturated heterocycles. The molecule has 0 bridgehead atoms. The molecule has 10 heteroatoms. The number of pyridine rings is 1. The van der Waals surface area contributed by atoms with Crippen LogP contribution < -0.4 is 20.9 Å². The summed E-state index contributed by atoms with van der Waals surface area (Å²) in [5.41, 5.74) is 6.83. The molecule has 0 spiro atoms. The van der Waals surface area contributed by atoms with E-state index in [-0.39, 0.29) is 24.7 Å². The number of aryl methyl sites for hydroxylation is 3. The number of aromatic nitrogens is 3. The van der Waals surface area contributed by atoms with Crippen LogP contribution in [0, 0.1) is 13.8 Å². The standard InChI is InChI=1S/C35H38FN7O2/c1-21-31(22(2)42-41-21)24-5-8-27(9-6-24)39-33(44)32(40-34(45)35(36)12-13-35)28-10-7-23-3-4-25(19-29(23)28)26-11-14-38-30(20-26)43-17-15-37-16-18-43/h3-6,8-9,11,14,19-20,28,32,37H,7,10,12-13,15-18H2,1-2H3,(H,39,44)(H,40,45)(H,41,42)/t28-,32+/m1/s1. The summed E-state index contributed by atoms with van der Waals surface area (Å²) in [6.07, 6.45) is 3.66. The fraction of sp³-hybridized carbons (Fsp3) is 0.371. The van der Waals surface area contributed by atoms with Gasteiger partial charge in [0.2, 0.25) is 5.91 Å². The number of amides is 2. The highest BCUT2D eigenvalue weighted by Crippen LogP contribution is 2.42. The Labute approximate surface area is 262 Å². The van der Waals surface area contributed by atoms with Gasteiger partial charge in [-0.15, -0.1) is 0 Å². The van der Waals surface area contributed by atoms with Crippen molar-refractivity contribution in [3.8, 4) is 22.3 Å². The summed E-state index contributed by atoms with van der Waals surface area (Å²) in [7, 11) is 0. The predicted octanol–water partition coefficient (Wildman–Crippen LogP) is 4.82. The predicted molar refractivity (Wildman–Crippen MR) is 173 cm³/mol. The summed E-state index contributed by atoms with van der Waals surface area (Å²) in [5.74, 6) is -0.416. The van der Waals surface area contributed by atoms with E-state index in [4.69, 9.17) is 0 Å². The molecule has 0 unspecified atom stereocenters. The molecule has 1 saturated carbocycles. The Morgan fingerprint density at radius 2 is 1.73 bits per heavy atom. The van der Waals surface area contributed by atoms with Gasteiger partial charge in [-0.25, -0.2) is 9.37 Å². The van der Waals surface area contributed by atoms with Crippen molar-refractivity contribution in [1.82, 2.24) is 25.8 Å². The number of carbonyl (C=O) groups excluding carboxylic acids is 2. The van der Waals surface area contributed by atoms with Crippen LogP contribution in [-0.2, 0) is 16.0 Å². The molecule has 0 radical (unpaired) electrons. The number of nitrogens with zero attached hydrogens (tertiary/aromatic N) is 3. The second-order valence-corrected chi connectivity index (χ2v) is 12.5. The van der Waals surface area contributed by atoms with E-state index in [0.29, 0.717) is 12.1 Å². The van der Waals surface area contributed by atoms with Crippen LogP contribution in [0.1, 0.15) is 47.7 Å². The summed E-state index contributed by atoms with van der Waals surface area (Å²) >= 11 is 0. The number of rotatable bonds is 8. The van der Waals surface area contributed by atoms with Gasteiger partial charge in [0.15, 0.2) is 5.67 Å². The molecule has 2 aromatic carbocycles. The molecule has 7 rings (SSSR count).